The van der Waals surface area contributed by atoms with Crippen LogP contribution in [0.25, 0.3) is 0 Å². The summed E-state index contributed by atoms with van der Waals surface area (Å²) in [6, 6.07) is 0.872. The molecule has 1 aromatic rings. The minimum atomic E-state index is 0.412. The summed E-state index contributed by atoms with van der Waals surface area (Å²) in [6.45, 7) is 4.46. The third-order valence-corrected chi connectivity index (χ3v) is 3.88. The topological polar surface area (TPSA) is 42.2 Å². The van der Waals surface area contributed by atoms with Crippen LogP contribution in [0, 0.1) is 0 Å². The molecule has 2 N–H and O–H groups in total. The first-order valence-corrected chi connectivity index (χ1v) is 6.04. The van der Waals surface area contributed by atoms with Gasteiger partial charge < -0.3 is 5.73 Å². The third kappa shape index (κ3) is 2.13. The van der Waals surface area contributed by atoms with Gasteiger partial charge >= 0.3 is 0 Å². The van der Waals surface area contributed by atoms with E-state index in [1.807, 2.05) is 11.6 Å². The van der Waals surface area contributed by atoms with Crippen molar-refractivity contribution in [3.8, 4) is 0 Å². The molecule has 0 aromatic carbocycles. The molecule has 1 saturated heterocycles. The predicted molar refractivity (Wildman–Crippen MR) is 59.3 cm³/mol. The molecule has 2 heterocycles. The monoisotopic (exact) mass is 211 g/mol. The van der Waals surface area contributed by atoms with Crippen LogP contribution in [0.3, 0.4) is 0 Å². The van der Waals surface area contributed by atoms with Gasteiger partial charge in [-0.15, -0.1) is 11.3 Å². The number of likely N-dealkylation sites (tertiary alicyclic amines) is 1. The first kappa shape index (κ1) is 10.1. The molecule has 0 bridgehead atoms. The summed E-state index contributed by atoms with van der Waals surface area (Å²) in [5.74, 6) is 0. The summed E-state index contributed by atoms with van der Waals surface area (Å²) in [6.07, 6.45) is 4.12. The zero-order valence-electron chi connectivity index (χ0n) is 8.52. The highest BCUT2D eigenvalue weighted by Gasteiger charge is 2.22. The Bertz CT molecular complexity index is 265. The molecule has 0 aliphatic carbocycles. The van der Waals surface area contributed by atoms with Gasteiger partial charge in [-0.05, 0) is 19.8 Å². The van der Waals surface area contributed by atoms with E-state index in [-0.39, 0.29) is 0 Å². The van der Waals surface area contributed by atoms with E-state index in [2.05, 4.69) is 16.8 Å². The van der Waals surface area contributed by atoms with Crippen molar-refractivity contribution >= 4 is 11.3 Å². The average Bonchev–Trinajstić information content (AvgIpc) is 2.71. The van der Waals surface area contributed by atoms with E-state index in [1.165, 1.54) is 5.01 Å². The summed E-state index contributed by atoms with van der Waals surface area (Å²) >= 11 is 1.74. The van der Waals surface area contributed by atoms with Crippen LogP contribution in [0.1, 0.15) is 30.8 Å². The van der Waals surface area contributed by atoms with E-state index >= 15 is 0 Å². The van der Waals surface area contributed by atoms with E-state index in [0.29, 0.717) is 12.1 Å². The number of aromatic nitrogens is 1. The standard InChI is InChI=1S/C10H17N3S/c1-8(10-12-4-7-14-10)13-5-2-9(11)3-6-13/h4,7-9H,2-3,5-6,11H2,1H3. The normalized spacial score (nSPS) is 22.4. The first-order valence-electron chi connectivity index (χ1n) is 5.16. The van der Waals surface area contributed by atoms with Crippen molar-refractivity contribution in [2.24, 2.45) is 5.73 Å². The molecule has 3 nitrogen and oxygen atoms in total. The maximum absolute atomic E-state index is 5.88. The minimum Gasteiger partial charge on any atom is -0.328 e. The maximum atomic E-state index is 5.88. The molecule has 78 valence electrons. The Kier molecular flexibility index (Phi) is 3.15. The van der Waals surface area contributed by atoms with Crippen LogP contribution in [0.2, 0.25) is 0 Å². The van der Waals surface area contributed by atoms with Gasteiger partial charge in [-0.2, -0.15) is 0 Å². The fraction of sp³-hybridized carbons (Fsp3) is 0.700. The predicted octanol–water partition coefficient (Wildman–Crippen LogP) is 1.63. The molecule has 1 aromatic heterocycles. The molecule has 0 spiro atoms. The third-order valence-electron chi connectivity index (χ3n) is 2.93. The van der Waals surface area contributed by atoms with Gasteiger partial charge in [0, 0.05) is 30.7 Å². The Labute approximate surface area is 88.9 Å². The summed E-state index contributed by atoms with van der Waals surface area (Å²) in [7, 11) is 0. The number of hydrogen-bond acceptors (Lipinski definition) is 4. The van der Waals surface area contributed by atoms with Crippen molar-refractivity contribution in [3.63, 3.8) is 0 Å². The molecule has 0 amide bonds. The molecule has 1 fully saturated rings. The highest BCUT2D eigenvalue weighted by Crippen LogP contribution is 2.24. The van der Waals surface area contributed by atoms with Crippen molar-refractivity contribution in [2.45, 2.75) is 31.8 Å². The molecular formula is C10H17N3S. The van der Waals surface area contributed by atoms with Gasteiger partial charge in [-0.3, -0.25) is 4.90 Å². The molecule has 1 aliphatic heterocycles. The van der Waals surface area contributed by atoms with Crippen molar-refractivity contribution in [2.75, 3.05) is 13.1 Å². The second kappa shape index (κ2) is 4.38. The largest absolute Gasteiger partial charge is 0.328 e. The van der Waals surface area contributed by atoms with Crippen molar-refractivity contribution in [1.29, 1.82) is 0 Å². The van der Waals surface area contributed by atoms with Gasteiger partial charge in [0.05, 0.1) is 6.04 Å². The van der Waals surface area contributed by atoms with Crippen LogP contribution >= 0.6 is 11.3 Å². The van der Waals surface area contributed by atoms with Crippen LogP contribution in [0.15, 0.2) is 11.6 Å². The molecule has 0 saturated carbocycles. The lowest BCUT2D eigenvalue weighted by molar-refractivity contribution is 0.163. The Morgan fingerprint density at radius 3 is 2.86 bits per heavy atom. The van der Waals surface area contributed by atoms with E-state index < -0.39 is 0 Å². The Hall–Kier alpha value is -0.450. The van der Waals surface area contributed by atoms with Crippen LogP contribution in [0.5, 0.6) is 0 Å². The zero-order chi connectivity index (χ0) is 9.97. The molecule has 1 unspecified atom stereocenters. The summed E-state index contributed by atoms with van der Waals surface area (Å²) in [5, 5.41) is 3.27. The summed E-state index contributed by atoms with van der Waals surface area (Å²) in [5.41, 5.74) is 5.88. The second-order valence-electron chi connectivity index (χ2n) is 3.92. The molecule has 2 rings (SSSR count). The number of thiazole rings is 1. The number of rotatable bonds is 2. The van der Waals surface area contributed by atoms with E-state index in [0.717, 1.165) is 25.9 Å². The Balaban J connectivity index is 1.95. The summed E-state index contributed by atoms with van der Waals surface area (Å²) < 4.78 is 0. The lowest BCUT2D eigenvalue weighted by Crippen LogP contribution is -2.40. The number of nitrogens with two attached hydrogens (primary N) is 1. The van der Waals surface area contributed by atoms with Crippen molar-refractivity contribution in [1.82, 2.24) is 9.88 Å². The quantitative estimate of drug-likeness (QED) is 0.808. The number of hydrogen-bond donors (Lipinski definition) is 1. The van der Waals surface area contributed by atoms with Gasteiger partial charge in [0.25, 0.3) is 0 Å². The van der Waals surface area contributed by atoms with Crippen LogP contribution < -0.4 is 5.73 Å². The molecule has 1 atom stereocenters. The summed E-state index contributed by atoms with van der Waals surface area (Å²) in [4.78, 5) is 6.83. The van der Waals surface area contributed by atoms with Crippen LogP contribution in [-0.2, 0) is 0 Å². The van der Waals surface area contributed by atoms with Gasteiger partial charge in [0.1, 0.15) is 5.01 Å². The lowest BCUT2D eigenvalue weighted by Gasteiger charge is -2.33. The van der Waals surface area contributed by atoms with E-state index in [1.54, 1.807) is 11.3 Å². The van der Waals surface area contributed by atoms with Gasteiger partial charge in [0.2, 0.25) is 0 Å². The van der Waals surface area contributed by atoms with Crippen molar-refractivity contribution < 1.29 is 0 Å². The Morgan fingerprint density at radius 2 is 2.29 bits per heavy atom. The van der Waals surface area contributed by atoms with E-state index in [9.17, 15) is 0 Å². The van der Waals surface area contributed by atoms with Crippen LogP contribution in [-0.4, -0.2) is 29.0 Å². The fourth-order valence-electron chi connectivity index (χ4n) is 1.90. The highest BCUT2D eigenvalue weighted by molar-refractivity contribution is 7.09. The van der Waals surface area contributed by atoms with Crippen molar-refractivity contribution in [3.05, 3.63) is 16.6 Å². The number of piperidine rings is 1. The minimum absolute atomic E-state index is 0.412. The maximum Gasteiger partial charge on any atom is 0.109 e. The molecule has 0 radical (unpaired) electrons. The molecular weight excluding hydrogens is 194 g/mol. The van der Waals surface area contributed by atoms with Gasteiger partial charge in [-0.25, -0.2) is 4.98 Å². The SMILES string of the molecule is CC(c1nccs1)N1CCC(N)CC1. The van der Waals surface area contributed by atoms with Crippen LogP contribution in [0.4, 0.5) is 0 Å². The molecule has 4 heteroatoms. The Morgan fingerprint density at radius 1 is 1.57 bits per heavy atom. The molecule has 14 heavy (non-hydrogen) atoms. The number of nitrogens with zero attached hydrogens (tertiary/aromatic N) is 2. The van der Waals surface area contributed by atoms with Gasteiger partial charge in [-0.1, -0.05) is 0 Å². The molecule has 1 aliphatic rings. The lowest BCUT2D eigenvalue weighted by atomic mass is 10.0. The highest BCUT2D eigenvalue weighted by atomic mass is 32.1. The van der Waals surface area contributed by atoms with Gasteiger partial charge in [0.15, 0.2) is 0 Å². The first-order chi connectivity index (χ1) is 6.77. The zero-order valence-corrected chi connectivity index (χ0v) is 9.33. The smallest absolute Gasteiger partial charge is 0.109 e. The van der Waals surface area contributed by atoms with E-state index in [4.69, 9.17) is 5.73 Å². The average molecular weight is 211 g/mol. The fourth-order valence-corrected chi connectivity index (χ4v) is 2.63. The second-order valence-corrected chi connectivity index (χ2v) is 4.85.